The number of ether oxygens (including phenoxy) is 1. The van der Waals surface area contributed by atoms with Gasteiger partial charge in [-0.15, -0.1) is 0 Å². The molecule has 0 fully saturated rings. The van der Waals surface area contributed by atoms with E-state index in [0.29, 0.717) is 18.0 Å². The van der Waals surface area contributed by atoms with Crippen molar-refractivity contribution in [2.75, 3.05) is 11.9 Å². The lowest BCUT2D eigenvalue weighted by atomic mass is 10.3. The molecule has 1 atom stereocenters. The molecule has 18 heavy (non-hydrogen) atoms. The Bertz CT molecular complexity index is 417. The summed E-state index contributed by atoms with van der Waals surface area (Å²) in [6, 6.07) is 5.09. The molecule has 0 aliphatic rings. The quantitative estimate of drug-likeness (QED) is 0.789. The van der Waals surface area contributed by atoms with Crippen LogP contribution in [0.4, 0.5) is 10.5 Å². The molecule has 2 N–H and O–H groups in total. The van der Waals surface area contributed by atoms with Crippen molar-refractivity contribution in [1.82, 2.24) is 5.32 Å². The summed E-state index contributed by atoms with van der Waals surface area (Å²) in [6.07, 6.45) is 0. The Kier molecular flexibility index (Phi) is 4.98. The van der Waals surface area contributed by atoms with Crippen molar-refractivity contribution in [3.63, 3.8) is 0 Å². The summed E-state index contributed by atoms with van der Waals surface area (Å²) in [6.45, 7) is 3.77. The van der Waals surface area contributed by atoms with Gasteiger partial charge in [-0.3, -0.25) is 0 Å². The highest BCUT2D eigenvalue weighted by atomic mass is 16.5. The first-order valence-electron chi connectivity index (χ1n) is 5.54. The number of carbonyl (C=O) groups is 2. The van der Waals surface area contributed by atoms with Crippen molar-refractivity contribution in [3.05, 3.63) is 24.3 Å². The summed E-state index contributed by atoms with van der Waals surface area (Å²) >= 11 is 0. The maximum atomic E-state index is 11.4. The molecule has 0 radical (unpaired) electrons. The van der Waals surface area contributed by atoms with Crippen LogP contribution in [0, 0.1) is 0 Å². The van der Waals surface area contributed by atoms with Gasteiger partial charge in [0.25, 0.3) is 0 Å². The number of hydrogen-bond acceptors (Lipinski definition) is 4. The van der Waals surface area contributed by atoms with Gasteiger partial charge in [-0.1, -0.05) is 0 Å². The van der Waals surface area contributed by atoms with Crippen LogP contribution in [0.15, 0.2) is 24.3 Å². The number of carboxylic acid groups (broad SMARTS) is 1. The molecule has 0 bridgehead atoms. The molecular weight excluding hydrogens is 236 g/mol. The molecule has 0 unspecified atom stereocenters. The zero-order valence-electron chi connectivity index (χ0n) is 10.2. The Hall–Kier alpha value is -2.24. The van der Waals surface area contributed by atoms with Gasteiger partial charge in [0, 0.05) is 5.69 Å². The Morgan fingerprint density at radius 2 is 1.94 bits per heavy atom. The van der Waals surface area contributed by atoms with E-state index >= 15 is 0 Å². The van der Waals surface area contributed by atoms with Gasteiger partial charge < -0.3 is 25.3 Å². The molecule has 0 heterocycles. The van der Waals surface area contributed by atoms with Crippen LogP contribution in [0.2, 0.25) is 0 Å². The van der Waals surface area contributed by atoms with E-state index in [1.165, 1.54) is 6.92 Å². The number of aliphatic carboxylic acids is 1. The van der Waals surface area contributed by atoms with Crippen LogP contribution in [0.5, 0.6) is 5.75 Å². The zero-order valence-corrected chi connectivity index (χ0v) is 10.2. The maximum Gasteiger partial charge on any atom is 0.319 e. The standard InChI is InChI=1S/C12H16N2O4/c1-3-18-10-6-4-9(5-7-10)14-12(17)13-8(2)11(15)16/h4-8H,3H2,1-2H3,(H,15,16)(H2,13,14,17)/p-1/t8-/m0/s1. The van der Waals surface area contributed by atoms with E-state index in [0.717, 1.165) is 0 Å². The summed E-state index contributed by atoms with van der Waals surface area (Å²) in [5.74, 6) is -0.636. The van der Waals surface area contributed by atoms with Gasteiger partial charge in [-0.05, 0) is 38.1 Å². The lowest BCUT2D eigenvalue weighted by molar-refractivity contribution is -0.307. The first-order valence-corrected chi connectivity index (χ1v) is 5.54. The van der Waals surface area contributed by atoms with Crippen LogP contribution in [-0.4, -0.2) is 24.6 Å². The fourth-order valence-corrected chi connectivity index (χ4v) is 1.22. The largest absolute Gasteiger partial charge is 0.548 e. The van der Waals surface area contributed by atoms with Crippen LogP contribution >= 0.6 is 0 Å². The molecule has 1 aromatic rings. The van der Waals surface area contributed by atoms with Crippen LogP contribution in [0.1, 0.15) is 13.8 Å². The van der Waals surface area contributed by atoms with Gasteiger partial charge in [-0.25, -0.2) is 4.79 Å². The highest BCUT2D eigenvalue weighted by molar-refractivity contribution is 5.91. The predicted molar refractivity (Wildman–Crippen MR) is 64.2 cm³/mol. The SMILES string of the molecule is CCOc1ccc(NC(=O)N[C@@H](C)C(=O)[O-])cc1. The normalized spacial score (nSPS) is 11.4. The van der Waals surface area contributed by atoms with Gasteiger partial charge in [0.05, 0.1) is 18.6 Å². The van der Waals surface area contributed by atoms with Crippen molar-refractivity contribution >= 4 is 17.7 Å². The monoisotopic (exact) mass is 251 g/mol. The second kappa shape index (κ2) is 6.48. The number of carboxylic acids is 1. The topological polar surface area (TPSA) is 90.5 Å². The van der Waals surface area contributed by atoms with Gasteiger partial charge >= 0.3 is 6.03 Å². The lowest BCUT2D eigenvalue weighted by Gasteiger charge is -2.15. The minimum Gasteiger partial charge on any atom is -0.548 e. The molecule has 2 amide bonds. The van der Waals surface area contributed by atoms with Gasteiger partial charge in [0.15, 0.2) is 0 Å². The average Bonchev–Trinajstić information content (AvgIpc) is 2.31. The fourth-order valence-electron chi connectivity index (χ4n) is 1.22. The summed E-state index contributed by atoms with van der Waals surface area (Å²) < 4.78 is 5.25. The highest BCUT2D eigenvalue weighted by Gasteiger charge is 2.07. The first-order chi connectivity index (χ1) is 8.52. The molecule has 0 aliphatic carbocycles. The molecule has 0 aliphatic heterocycles. The first kappa shape index (κ1) is 13.8. The van der Waals surface area contributed by atoms with E-state index in [1.807, 2.05) is 6.92 Å². The second-order valence-electron chi connectivity index (χ2n) is 3.60. The predicted octanol–water partition coefficient (Wildman–Crippen LogP) is 0.345. The molecule has 1 aromatic carbocycles. The van der Waals surface area contributed by atoms with E-state index in [1.54, 1.807) is 24.3 Å². The van der Waals surface area contributed by atoms with E-state index in [-0.39, 0.29) is 0 Å². The lowest BCUT2D eigenvalue weighted by Crippen LogP contribution is -2.47. The second-order valence-corrected chi connectivity index (χ2v) is 3.60. The van der Waals surface area contributed by atoms with E-state index < -0.39 is 18.0 Å². The molecule has 0 aromatic heterocycles. The van der Waals surface area contributed by atoms with Crippen molar-refractivity contribution in [2.45, 2.75) is 19.9 Å². The van der Waals surface area contributed by atoms with Crippen LogP contribution < -0.4 is 20.5 Å². The van der Waals surface area contributed by atoms with Crippen LogP contribution in [-0.2, 0) is 4.79 Å². The van der Waals surface area contributed by atoms with Crippen molar-refractivity contribution in [1.29, 1.82) is 0 Å². The third-order valence-electron chi connectivity index (χ3n) is 2.12. The van der Waals surface area contributed by atoms with Gasteiger partial charge in [-0.2, -0.15) is 0 Å². The minimum absolute atomic E-state index is 0.543. The third kappa shape index (κ3) is 4.32. The fraction of sp³-hybridized carbons (Fsp3) is 0.333. The molecule has 0 spiro atoms. The van der Waals surface area contributed by atoms with Crippen molar-refractivity contribution in [3.8, 4) is 5.75 Å². The summed E-state index contributed by atoms with van der Waals surface area (Å²) in [4.78, 5) is 21.8. The minimum atomic E-state index is -1.34. The number of amides is 2. The molecule has 0 saturated carbocycles. The number of carbonyl (C=O) groups excluding carboxylic acids is 2. The zero-order chi connectivity index (χ0) is 13.5. The van der Waals surface area contributed by atoms with Gasteiger partial charge in [0.1, 0.15) is 5.75 Å². The number of hydrogen-bond donors (Lipinski definition) is 2. The van der Waals surface area contributed by atoms with E-state index in [4.69, 9.17) is 4.74 Å². The van der Waals surface area contributed by atoms with Crippen molar-refractivity contribution in [2.24, 2.45) is 0 Å². The number of anilines is 1. The Morgan fingerprint density at radius 1 is 1.33 bits per heavy atom. The molecule has 1 rings (SSSR count). The van der Waals surface area contributed by atoms with Crippen LogP contribution in [0.3, 0.4) is 0 Å². The smallest absolute Gasteiger partial charge is 0.319 e. The molecule has 6 heteroatoms. The van der Waals surface area contributed by atoms with Crippen LogP contribution in [0.25, 0.3) is 0 Å². The number of benzene rings is 1. The average molecular weight is 251 g/mol. The number of urea groups is 1. The summed E-state index contributed by atoms with van der Waals surface area (Å²) in [7, 11) is 0. The number of rotatable bonds is 5. The van der Waals surface area contributed by atoms with E-state index in [2.05, 4.69) is 10.6 Å². The molecular formula is C12H15N2O4-. The van der Waals surface area contributed by atoms with Gasteiger partial charge in [0.2, 0.25) is 0 Å². The van der Waals surface area contributed by atoms with E-state index in [9.17, 15) is 14.7 Å². The molecule has 6 nitrogen and oxygen atoms in total. The highest BCUT2D eigenvalue weighted by Crippen LogP contribution is 2.15. The van der Waals surface area contributed by atoms with Crippen molar-refractivity contribution < 1.29 is 19.4 Å². The Morgan fingerprint density at radius 3 is 2.44 bits per heavy atom. The third-order valence-corrected chi connectivity index (χ3v) is 2.12. The number of nitrogens with one attached hydrogen (secondary N) is 2. The molecule has 0 saturated heterocycles. The Balaban J connectivity index is 2.51. The maximum absolute atomic E-state index is 11.4. The summed E-state index contributed by atoms with van der Waals surface area (Å²) in [5, 5.41) is 15.2. The summed E-state index contributed by atoms with van der Waals surface area (Å²) in [5.41, 5.74) is 0.543. The Labute approximate surface area is 105 Å². The molecule has 98 valence electrons.